The van der Waals surface area contributed by atoms with Gasteiger partial charge in [0.1, 0.15) is 0 Å². The summed E-state index contributed by atoms with van der Waals surface area (Å²) in [6.07, 6.45) is 3.83. The van der Waals surface area contributed by atoms with Crippen molar-refractivity contribution in [3.63, 3.8) is 0 Å². The van der Waals surface area contributed by atoms with Gasteiger partial charge in [-0.3, -0.25) is 0 Å². The van der Waals surface area contributed by atoms with Gasteiger partial charge in [0.05, 0.1) is 10.0 Å². The predicted molar refractivity (Wildman–Crippen MR) is 61.1 cm³/mol. The Balaban J connectivity index is 2.89. The second-order valence-corrected chi connectivity index (χ2v) is 3.61. The van der Waals surface area contributed by atoms with Crippen LogP contribution in [0.25, 0.3) is 6.08 Å². The van der Waals surface area contributed by atoms with Gasteiger partial charge in [-0.25, -0.2) is 0 Å². The average Bonchev–Trinajstić information content (AvgIpc) is 2.14. The highest BCUT2D eigenvalue weighted by Gasteiger charge is 2.04. The number of phenolic OH excluding ortho intramolecular Hbond substituents is 1. The molecule has 14 heavy (non-hydrogen) atoms. The molecule has 76 valence electrons. The van der Waals surface area contributed by atoms with Crippen molar-refractivity contribution >= 4 is 29.3 Å². The molecule has 0 unspecified atom stereocenters. The highest BCUT2D eigenvalue weighted by molar-refractivity contribution is 6.37. The third kappa shape index (κ3) is 2.91. The number of hydrogen-bond donors (Lipinski definition) is 2. The maximum absolute atomic E-state index is 9.30. The number of likely N-dealkylation sites (N-methyl/N-ethyl adjacent to an activating group) is 1. The molecule has 0 aliphatic rings. The van der Waals surface area contributed by atoms with E-state index in [9.17, 15) is 5.11 Å². The summed E-state index contributed by atoms with van der Waals surface area (Å²) in [5.41, 5.74) is 0.869. The summed E-state index contributed by atoms with van der Waals surface area (Å²) in [4.78, 5) is 0. The van der Waals surface area contributed by atoms with Crippen LogP contribution in [-0.2, 0) is 0 Å². The molecule has 0 aliphatic carbocycles. The average molecular weight is 232 g/mol. The van der Waals surface area contributed by atoms with Crippen molar-refractivity contribution < 1.29 is 5.11 Å². The van der Waals surface area contributed by atoms with Gasteiger partial charge in [-0.2, -0.15) is 0 Å². The van der Waals surface area contributed by atoms with E-state index in [1.54, 1.807) is 12.1 Å². The van der Waals surface area contributed by atoms with Crippen molar-refractivity contribution in [2.24, 2.45) is 0 Å². The zero-order valence-electron chi connectivity index (χ0n) is 7.72. The van der Waals surface area contributed by atoms with Gasteiger partial charge in [-0.05, 0) is 24.7 Å². The lowest BCUT2D eigenvalue weighted by atomic mass is 10.2. The Morgan fingerprint density at radius 2 is 1.93 bits per heavy atom. The molecule has 0 spiro atoms. The topological polar surface area (TPSA) is 32.3 Å². The SMILES string of the molecule is CNCC=Cc1cc(Cl)c(O)c(Cl)c1. The van der Waals surface area contributed by atoms with Gasteiger partial charge in [-0.1, -0.05) is 35.4 Å². The van der Waals surface area contributed by atoms with E-state index in [1.807, 2.05) is 19.2 Å². The van der Waals surface area contributed by atoms with Crippen LogP contribution in [0.15, 0.2) is 18.2 Å². The summed E-state index contributed by atoms with van der Waals surface area (Å²) in [6.45, 7) is 0.774. The Labute approximate surface area is 93.2 Å². The fraction of sp³-hybridized carbons (Fsp3) is 0.200. The van der Waals surface area contributed by atoms with Crippen LogP contribution in [0.2, 0.25) is 10.0 Å². The molecule has 2 nitrogen and oxygen atoms in total. The van der Waals surface area contributed by atoms with E-state index in [1.165, 1.54) is 0 Å². The summed E-state index contributed by atoms with van der Waals surface area (Å²) in [5, 5.41) is 12.8. The minimum atomic E-state index is -0.0703. The number of phenols is 1. The highest BCUT2D eigenvalue weighted by Crippen LogP contribution is 2.32. The number of benzene rings is 1. The maximum Gasteiger partial charge on any atom is 0.152 e. The van der Waals surface area contributed by atoms with E-state index in [0.717, 1.165) is 12.1 Å². The third-order valence-electron chi connectivity index (χ3n) is 1.67. The van der Waals surface area contributed by atoms with Crippen molar-refractivity contribution in [2.45, 2.75) is 0 Å². The van der Waals surface area contributed by atoms with E-state index in [4.69, 9.17) is 23.2 Å². The maximum atomic E-state index is 9.30. The molecule has 0 bridgehead atoms. The second-order valence-electron chi connectivity index (χ2n) is 2.79. The molecule has 0 fully saturated rings. The molecular weight excluding hydrogens is 221 g/mol. The lowest BCUT2D eigenvalue weighted by molar-refractivity contribution is 0.476. The van der Waals surface area contributed by atoms with E-state index >= 15 is 0 Å². The van der Waals surface area contributed by atoms with Gasteiger partial charge in [0.15, 0.2) is 5.75 Å². The van der Waals surface area contributed by atoms with Crippen molar-refractivity contribution in [2.75, 3.05) is 13.6 Å². The standard InChI is InChI=1S/C10H11Cl2NO/c1-13-4-2-3-7-5-8(11)10(14)9(12)6-7/h2-3,5-6,13-14H,4H2,1H3. The molecule has 0 heterocycles. The van der Waals surface area contributed by atoms with Crippen molar-refractivity contribution in [1.82, 2.24) is 5.32 Å². The van der Waals surface area contributed by atoms with Crippen LogP contribution in [-0.4, -0.2) is 18.7 Å². The Hall–Kier alpha value is -0.700. The highest BCUT2D eigenvalue weighted by atomic mass is 35.5. The molecule has 1 aromatic carbocycles. The van der Waals surface area contributed by atoms with Gasteiger partial charge in [-0.15, -0.1) is 0 Å². The quantitative estimate of drug-likeness (QED) is 0.839. The first kappa shape index (κ1) is 11.4. The zero-order valence-corrected chi connectivity index (χ0v) is 9.23. The van der Waals surface area contributed by atoms with Gasteiger partial charge in [0.25, 0.3) is 0 Å². The zero-order chi connectivity index (χ0) is 10.6. The number of nitrogens with one attached hydrogen (secondary N) is 1. The molecule has 4 heteroatoms. The minimum Gasteiger partial charge on any atom is -0.505 e. The van der Waals surface area contributed by atoms with Crippen LogP contribution in [0, 0.1) is 0 Å². The summed E-state index contributed by atoms with van der Waals surface area (Å²) in [5.74, 6) is -0.0703. The van der Waals surface area contributed by atoms with Gasteiger partial charge < -0.3 is 10.4 Å². The van der Waals surface area contributed by atoms with Crippen LogP contribution >= 0.6 is 23.2 Å². The molecule has 0 saturated heterocycles. The Bertz CT molecular complexity index is 327. The summed E-state index contributed by atoms with van der Waals surface area (Å²) in [7, 11) is 1.86. The lowest BCUT2D eigenvalue weighted by Crippen LogP contribution is -2.03. The van der Waals surface area contributed by atoms with Crippen LogP contribution in [0.4, 0.5) is 0 Å². The molecule has 0 atom stereocenters. The van der Waals surface area contributed by atoms with Crippen LogP contribution in [0.5, 0.6) is 5.75 Å². The molecular formula is C10H11Cl2NO. The van der Waals surface area contributed by atoms with Gasteiger partial charge >= 0.3 is 0 Å². The molecule has 1 rings (SSSR count). The predicted octanol–water partition coefficient (Wildman–Crippen LogP) is 2.93. The fourth-order valence-electron chi connectivity index (χ4n) is 0.994. The number of hydrogen-bond acceptors (Lipinski definition) is 2. The first-order valence-electron chi connectivity index (χ1n) is 4.14. The van der Waals surface area contributed by atoms with E-state index < -0.39 is 0 Å². The minimum absolute atomic E-state index is 0.0703. The number of halogens is 2. The van der Waals surface area contributed by atoms with Crippen molar-refractivity contribution in [3.05, 3.63) is 33.8 Å². The van der Waals surface area contributed by atoms with Crippen LogP contribution in [0.1, 0.15) is 5.56 Å². The lowest BCUT2D eigenvalue weighted by Gasteiger charge is -2.01. The first-order valence-corrected chi connectivity index (χ1v) is 4.90. The third-order valence-corrected chi connectivity index (χ3v) is 2.25. The molecule has 1 aromatic rings. The van der Waals surface area contributed by atoms with Gasteiger partial charge in [0.2, 0.25) is 0 Å². The summed E-state index contributed by atoms with van der Waals surface area (Å²) >= 11 is 11.5. The monoisotopic (exact) mass is 231 g/mol. The largest absolute Gasteiger partial charge is 0.505 e. The van der Waals surface area contributed by atoms with Crippen LogP contribution < -0.4 is 5.32 Å². The smallest absolute Gasteiger partial charge is 0.152 e. The molecule has 0 aromatic heterocycles. The van der Waals surface area contributed by atoms with E-state index in [0.29, 0.717) is 0 Å². The first-order chi connectivity index (χ1) is 6.65. The molecule has 0 amide bonds. The van der Waals surface area contributed by atoms with E-state index in [-0.39, 0.29) is 15.8 Å². The van der Waals surface area contributed by atoms with E-state index in [2.05, 4.69) is 5.32 Å². The molecule has 0 aliphatic heterocycles. The molecule has 0 saturated carbocycles. The fourth-order valence-corrected chi connectivity index (χ4v) is 1.50. The van der Waals surface area contributed by atoms with Crippen LogP contribution in [0.3, 0.4) is 0 Å². The number of aromatic hydroxyl groups is 1. The molecule has 2 N–H and O–H groups in total. The summed E-state index contributed by atoms with van der Waals surface area (Å²) < 4.78 is 0. The van der Waals surface area contributed by atoms with Crippen molar-refractivity contribution in [3.8, 4) is 5.75 Å². The van der Waals surface area contributed by atoms with Gasteiger partial charge in [0, 0.05) is 6.54 Å². The Kier molecular flexibility index (Phi) is 4.26. The second kappa shape index (κ2) is 5.25. The molecule has 0 radical (unpaired) electrons. The van der Waals surface area contributed by atoms with Crippen molar-refractivity contribution in [1.29, 1.82) is 0 Å². The Morgan fingerprint density at radius 3 is 2.43 bits per heavy atom. The normalized spacial score (nSPS) is 11.1. The Morgan fingerprint density at radius 1 is 1.36 bits per heavy atom. The summed E-state index contributed by atoms with van der Waals surface area (Å²) in [6, 6.07) is 3.32. The number of rotatable bonds is 3.